The lowest BCUT2D eigenvalue weighted by molar-refractivity contribution is 0.111. The van der Waals surface area contributed by atoms with Crippen molar-refractivity contribution in [2.24, 2.45) is 11.8 Å². The highest BCUT2D eigenvalue weighted by atomic mass is 16.5. The zero-order valence-corrected chi connectivity index (χ0v) is 11.6. The van der Waals surface area contributed by atoms with Crippen molar-refractivity contribution in [3.05, 3.63) is 23.8 Å². The van der Waals surface area contributed by atoms with E-state index < -0.39 is 0 Å². The van der Waals surface area contributed by atoms with E-state index in [4.69, 9.17) is 9.47 Å². The second kappa shape index (κ2) is 7.04. The smallest absolute Gasteiger partial charge is 0.153 e. The number of aldehydes is 1. The van der Waals surface area contributed by atoms with E-state index in [9.17, 15) is 4.79 Å². The normalized spacial score (nSPS) is 10.8. The van der Waals surface area contributed by atoms with Crippen molar-refractivity contribution in [3.8, 4) is 11.5 Å². The number of carbonyl (C=O) groups is 1. The van der Waals surface area contributed by atoms with Gasteiger partial charge in [-0.05, 0) is 30.0 Å². The SMILES string of the molecule is CC(C)COc1ccc(OCC(C)C)c(C=O)c1. The Labute approximate surface area is 109 Å². The predicted molar refractivity (Wildman–Crippen MR) is 72.5 cm³/mol. The molecule has 0 aliphatic carbocycles. The van der Waals surface area contributed by atoms with Crippen LogP contribution in [-0.4, -0.2) is 19.5 Å². The van der Waals surface area contributed by atoms with Crippen LogP contribution < -0.4 is 9.47 Å². The highest BCUT2D eigenvalue weighted by Gasteiger charge is 2.07. The second-order valence-corrected chi connectivity index (χ2v) is 5.23. The largest absolute Gasteiger partial charge is 0.493 e. The molecule has 0 spiro atoms. The zero-order valence-electron chi connectivity index (χ0n) is 11.6. The zero-order chi connectivity index (χ0) is 13.5. The van der Waals surface area contributed by atoms with Gasteiger partial charge in [-0.2, -0.15) is 0 Å². The van der Waals surface area contributed by atoms with Crippen LogP contribution in [0.15, 0.2) is 18.2 Å². The third-order valence-corrected chi connectivity index (χ3v) is 2.26. The van der Waals surface area contributed by atoms with Gasteiger partial charge in [-0.15, -0.1) is 0 Å². The molecule has 0 radical (unpaired) electrons. The molecular weight excluding hydrogens is 228 g/mol. The maximum atomic E-state index is 11.0. The van der Waals surface area contributed by atoms with E-state index in [0.29, 0.717) is 42.1 Å². The van der Waals surface area contributed by atoms with Crippen molar-refractivity contribution in [2.45, 2.75) is 27.7 Å². The Morgan fingerprint density at radius 2 is 1.67 bits per heavy atom. The quantitative estimate of drug-likeness (QED) is 0.694. The predicted octanol–water partition coefficient (Wildman–Crippen LogP) is 3.57. The summed E-state index contributed by atoms with van der Waals surface area (Å²) < 4.78 is 11.2. The number of hydrogen-bond donors (Lipinski definition) is 0. The fourth-order valence-electron chi connectivity index (χ4n) is 1.36. The first kappa shape index (κ1) is 14.6. The van der Waals surface area contributed by atoms with Crippen molar-refractivity contribution in [2.75, 3.05) is 13.2 Å². The van der Waals surface area contributed by atoms with Crippen LogP contribution >= 0.6 is 0 Å². The van der Waals surface area contributed by atoms with Crippen molar-refractivity contribution >= 4 is 6.29 Å². The van der Waals surface area contributed by atoms with E-state index in [1.54, 1.807) is 12.1 Å². The molecule has 0 fully saturated rings. The molecule has 0 aromatic heterocycles. The molecule has 0 saturated heterocycles. The van der Waals surface area contributed by atoms with Crippen LogP contribution in [0.25, 0.3) is 0 Å². The minimum absolute atomic E-state index is 0.432. The molecule has 0 atom stereocenters. The van der Waals surface area contributed by atoms with Gasteiger partial charge in [0.15, 0.2) is 6.29 Å². The van der Waals surface area contributed by atoms with E-state index in [1.807, 2.05) is 6.07 Å². The summed E-state index contributed by atoms with van der Waals surface area (Å²) in [5.74, 6) is 2.22. The Morgan fingerprint density at radius 1 is 1.06 bits per heavy atom. The van der Waals surface area contributed by atoms with Crippen molar-refractivity contribution in [3.63, 3.8) is 0 Å². The summed E-state index contributed by atoms with van der Waals surface area (Å²) in [5.41, 5.74) is 0.539. The van der Waals surface area contributed by atoms with E-state index in [1.165, 1.54) is 0 Å². The fourth-order valence-corrected chi connectivity index (χ4v) is 1.36. The summed E-state index contributed by atoms with van der Waals surface area (Å²) in [7, 11) is 0. The molecule has 0 aliphatic heterocycles. The van der Waals surface area contributed by atoms with Gasteiger partial charge in [0.05, 0.1) is 18.8 Å². The summed E-state index contributed by atoms with van der Waals surface area (Å²) >= 11 is 0. The summed E-state index contributed by atoms with van der Waals surface area (Å²) in [5, 5.41) is 0. The lowest BCUT2D eigenvalue weighted by Gasteiger charge is -2.13. The summed E-state index contributed by atoms with van der Waals surface area (Å²) in [6.07, 6.45) is 0.803. The van der Waals surface area contributed by atoms with Gasteiger partial charge < -0.3 is 9.47 Å². The molecule has 18 heavy (non-hydrogen) atoms. The molecule has 0 bridgehead atoms. The van der Waals surface area contributed by atoms with Gasteiger partial charge >= 0.3 is 0 Å². The molecule has 0 N–H and O–H groups in total. The monoisotopic (exact) mass is 250 g/mol. The molecule has 100 valence electrons. The van der Waals surface area contributed by atoms with E-state index in [0.717, 1.165) is 6.29 Å². The minimum Gasteiger partial charge on any atom is -0.493 e. The molecule has 0 amide bonds. The molecule has 0 heterocycles. The minimum atomic E-state index is 0.432. The number of carbonyl (C=O) groups excluding carboxylic acids is 1. The molecule has 0 unspecified atom stereocenters. The summed E-state index contributed by atoms with van der Waals surface area (Å²) in [6.45, 7) is 9.56. The first-order valence-corrected chi connectivity index (χ1v) is 6.37. The molecule has 1 rings (SSSR count). The fraction of sp³-hybridized carbons (Fsp3) is 0.533. The lowest BCUT2D eigenvalue weighted by Crippen LogP contribution is -2.07. The molecule has 1 aromatic rings. The molecule has 3 heteroatoms. The molecule has 0 aliphatic rings. The maximum Gasteiger partial charge on any atom is 0.153 e. The summed E-state index contributed by atoms with van der Waals surface area (Å²) in [6, 6.07) is 5.36. The van der Waals surface area contributed by atoms with Gasteiger partial charge in [0.1, 0.15) is 11.5 Å². The standard InChI is InChI=1S/C15H22O3/c1-11(2)9-17-14-5-6-15(13(7-14)8-16)18-10-12(3)4/h5-8,11-12H,9-10H2,1-4H3. The lowest BCUT2D eigenvalue weighted by atomic mass is 10.2. The van der Waals surface area contributed by atoms with Gasteiger partial charge in [0, 0.05) is 0 Å². The topological polar surface area (TPSA) is 35.5 Å². The Bertz CT molecular complexity index is 383. The molecule has 0 saturated carbocycles. The van der Waals surface area contributed by atoms with E-state index in [2.05, 4.69) is 27.7 Å². The van der Waals surface area contributed by atoms with Crippen molar-refractivity contribution in [1.82, 2.24) is 0 Å². The van der Waals surface area contributed by atoms with Gasteiger partial charge in [-0.1, -0.05) is 27.7 Å². The van der Waals surface area contributed by atoms with E-state index in [-0.39, 0.29) is 0 Å². The van der Waals surface area contributed by atoms with E-state index >= 15 is 0 Å². The van der Waals surface area contributed by atoms with Crippen LogP contribution in [-0.2, 0) is 0 Å². The number of hydrogen-bond acceptors (Lipinski definition) is 3. The second-order valence-electron chi connectivity index (χ2n) is 5.23. The first-order valence-electron chi connectivity index (χ1n) is 6.37. The van der Waals surface area contributed by atoms with Crippen LogP contribution in [0, 0.1) is 11.8 Å². The number of rotatable bonds is 7. The van der Waals surface area contributed by atoms with Gasteiger partial charge in [0.2, 0.25) is 0 Å². The highest BCUT2D eigenvalue weighted by molar-refractivity contribution is 5.80. The molecule has 3 nitrogen and oxygen atoms in total. The van der Waals surface area contributed by atoms with Crippen LogP contribution in [0.1, 0.15) is 38.1 Å². The Morgan fingerprint density at radius 3 is 2.22 bits per heavy atom. The number of ether oxygens (including phenoxy) is 2. The first-order chi connectivity index (χ1) is 8.52. The number of benzene rings is 1. The third kappa shape index (κ3) is 4.78. The average Bonchev–Trinajstić information content (AvgIpc) is 2.34. The Hall–Kier alpha value is -1.51. The van der Waals surface area contributed by atoms with Crippen LogP contribution in [0.3, 0.4) is 0 Å². The van der Waals surface area contributed by atoms with Gasteiger partial charge in [0.25, 0.3) is 0 Å². The maximum absolute atomic E-state index is 11.0. The van der Waals surface area contributed by atoms with Gasteiger partial charge in [-0.3, -0.25) is 4.79 Å². The van der Waals surface area contributed by atoms with Gasteiger partial charge in [-0.25, -0.2) is 0 Å². The van der Waals surface area contributed by atoms with Crippen LogP contribution in [0.5, 0.6) is 11.5 Å². The van der Waals surface area contributed by atoms with Crippen LogP contribution in [0.4, 0.5) is 0 Å². The molecular formula is C15H22O3. The Balaban J connectivity index is 2.73. The molecule has 1 aromatic carbocycles. The third-order valence-electron chi connectivity index (χ3n) is 2.26. The summed E-state index contributed by atoms with van der Waals surface area (Å²) in [4.78, 5) is 11.0. The Kier molecular flexibility index (Phi) is 5.69. The highest BCUT2D eigenvalue weighted by Crippen LogP contribution is 2.23. The van der Waals surface area contributed by atoms with Crippen LogP contribution in [0.2, 0.25) is 0 Å². The van der Waals surface area contributed by atoms with Crippen molar-refractivity contribution < 1.29 is 14.3 Å². The van der Waals surface area contributed by atoms with Crippen molar-refractivity contribution in [1.29, 1.82) is 0 Å². The average molecular weight is 250 g/mol.